The maximum atomic E-state index is 12.3. The van der Waals surface area contributed by atoms with Crippen molar-refractivity contribution in [2.75, 3.05) is 5.32 Å². The second-order valence-corrected chi connectivity index (χ2v) is 5.70. The SMILES string of the molecule is O=c1c([N+](=O)[O-])c(NCc2ccc(Br)cc2)nc2ccccn12. The standard InChI is InChI=1S/C15H11BrN4O3/c16-11-6-4-10(5-7-11)9-17-14-13(20(22)23)15(21)19-8-2-1-3-12(19)18-14/h1-8,17H,9H2. The molecule has 7 nitrogen and oxygen atoms in total. The third-order valence-corrected chi connectivity index (χ3v) is 3.79. The highest BCUT2D eigenvalue weighted by molar-refractivity contribution is 9.10. The largest absolute Gasteiger partial charge is 0.376 e. The molecule has 0 aliphatic rings. The summed E-state index contributed by atoms with van der Waals surface area (Å²) >= 11 is 3.34. The van der Waals surface area contributed by atoms with Crippen LogP contribution in [-0.4, -0.2) is 14.3 Å². The van der Waals surface area contributed by atoms with Crippen molar-refractivity contribution in [2.24, 2.45) is 0 Å². The molecule has 0 spiro atoms. The van der Waals surface area contributed by atoms with E-state index in [0.717, 1.165) is 14.4 Å². The zero-order valence-electron chi connectivity index (χ0n) is 11.8. The molecule has 8 heteroatoms. The fourth-order valence-corrected chi connectivity index (χ4v) is 2.42. The third kappa shape index (κ3) is 3.07. The van der Waals surface area contributed by atoms with Gasteiger partial charge in [0.05, 0.1) is 4.92 Å². The van der Waals surface area contributed by atoms with Gasteiger partial charge in [-0.1, -0.05) is 34.1 Å². The number of pyridine rings is 1. The molecular weight excluding hydrogens is 364 g/mol. The Morgan fingerprint density at radius 1 is 1.22 bits per heavy atom. The number of benzene rings is 1. The molecule has 23 heavy (non-hydrogen) atoms. The zero-order valence-corrected chi connectivity index (χ0v) is 13.4. The summed E-state index contributed by atoms with van der Waals surface area (Å²) < 4.78 is 2.09. The summed E-state index contributed by atoms with van der Waals surface area (Å²) in [5, 5.41) is 14.1. The lowest BCUT2D eigenvalue weighted by Gasteiger charge is -2.08. The molecule has 116 valence electrons. The maximum Gasteiger partial charge on any atom is 0.376 e. The van der Waals surface area contributed by atoms with Gasteiger partial charge in [-0.3, -0.25) is 19.3 Å². The van der Waals surface area contributed by atoms with Crippen LogP contribution in [0, 0.1) is 10.1 Å². The van der Waals surface area contributed by atoms with Gasteiger partial charge in [0, 0.05) is 17.2 Å². The van der Waals surface area contributed by atoms with Crippen LogP contribution in [0.1, 0.15) is 5.56 Å². The predicted molar refractivity (Wildman–Crippen MR) is 89.6 cm³/mol. The lowest BCUT2D eigenvalue weighted by atomic mass is 10.2. The number of halogens is 1. The van der Waals surface area contributed by atoms with Crippen LogP contribution in [0.2, 0.25) is 0 Å². The van der Waals surface area contributed by atoms with E-state index in [4.69, 9.17) is 0 Å². The van der Waals surface area contributed by atoms with E-state index in [2.05, 4.69) is 26.2 Å². The molecule has 0 unspecified atom stereocenters. The van der Waals surface area contributed by atoms with Crippen LogP contribution in [0.3, 0.4) is 0 Å². The highest BCUT2D eigenvalue weighted by atomic mass is 79.9. The van der Waals surface area contributed by atoms with Crippen LogP contribution in [0.25, 0.3) is 5.65 Å². The number of hydrogen-bond donors (Lipinski definition) is 1. The summed E-state index contributed by atoms with van der Waals surface area (Å²) in [6.45, 7) is 0.323. The number of hydrogen-bond acceptors (Lipinski definition) is 5. The highest BCUT2D eigenvalue weighted by Gasteiger charge is 2.23. The number of nitro groups is 1. The van der Waals surface area contributed by atoms with Gasteiger partial charge >= 0.3 is 11.2 Å². The monoisotopic (exact) mass is 374 g/mol. The lowest BCUT2D eigenvalue weighted by Crippen LogP contribution is -2.21. The van der Waals surface area contributed by atoms with Crippen LogP contribution in [0.5, 0.6) is 0 Å². The molecule has 0 atom stereocenters. The predicted octanol–water partition coefficient (Wildman–Crippen LogP) is 2.98. The first-order valence-electron chi connectivity index (χ1n) is 6.70. The second kappa shape index (κ2) is 6.17. The third-order valence-electron chi connectivity index (χ3n) is 3.27. The quantitative estimate of drug-likeness (QED) is 0.559. The number of nitrogens with zero attached hydrogens (tertiary/aromatic N) is 3. The molecule has 0 fully saturated rings. The van der Waals surface area contributed by atoms with Crippen molar-refractivity contribution >= 4 is 33.1 Å². The van der Waals surface area contributed by atoms with E-state index >= 15 is 0 Å². The van der Waals surface area contributed by atoms with Crippen molar-refractivity contribution in [3.8, 4) is 0 Å². The Labute approximate surface area is 138 Å². The minimum atomic E-state index is -0.710. The number of anilines is 1. The van der Waals surface area contributed by atoms with Gasteiger partial charge in [0.15, 0.2) is 0 Å². The average molecular weight is 375 g/mol. The molecule has 0 saturated heterocycles. The van der Waals surface area contributed by atoms with Crippen molar-refractivity contribution in [3.05, 3.63) is 79.2 Å². The summed E-state index contributed by atoms with van der Waals surface area (Å²) in [6, 6.07) is 12.4. The van der Waals surface area contributed by atoms with E-state index in [0.29, 0.717) is 12.2 Å². The molecule has 0 radical (unpaired) electrons. The molecule has 2 heterocycles. The molecular formula is C15H11BrN4O3. The van der Waals surface area contributed by atoms with Gasteiger partial charge in [-0.05, 0) is 29.8 Å². The number of fused-ring (bicyclic) bond motifs is 1. The lowest BCUT2D eigenvalue weighted by molar-refractivity contribution is -0.385. The molecule has 0 saturated carbocycles. The van der Waals surface area contributed by atoms with Crippen molar-refractivity contribution in [1.82, 2.24) is 9.38 Å². The van der Waals surface area contributed by atoms with Gasteiger partial charge in [0.2, 0.25) is 5.82 Å². The van der Waals surface area contributed by atoms with Gasteiger partial charge < -0.3 is 5.32 Å². The minimum Gasteiger partial charge on any atom is -0.360 e. The van der Waals surface area contributed by atoms with E-state index in [1.165, 1.54) is 6.20 Å². The Kier molecular flexibility index (Phi) is 4.07. The normalized spacial score (nSPS) is 10.7. The molecule has 2 aromatic heterocycles. The molecule has 3 rings (SSSR count). The molecule has 0 aliphatic carbocycles. The van der Waals surface area contributed by atoms with E-state index in [1.807, 2.05) is 24.3 Å². The van der Waals surface area contributed by atoms with Gasteiger partial charge in [-0.25, -0.2) is 4.98 Å². The molecule has 1 N–H and O–H groups in total. The van der Waals surface area contributed by atoms with E-state index in [9.17, 15) is 14.9 Å². The topological polar surface area (TPSA) is 89.5 Å². The Hall–Kier alpha value is -2.74. The fraction of sp³-hybridized carbons (Fsp3) is 0.0667. The smallest absolute Gasteiger partial charge is 0.360 e. The van der Waals surface area contributed by atoms with Crippen molar-refractivity contribution in [3.63, 3.8) is 0 Å². The summed E-state index contributed by atoms with van der Waals surface area (Å²) in [5.41, 5.74) is -0.0105. The van der Waals surface area contributed by atoms with Crippen LogP contribution in [-0.2, 0) is 6.54 Å². The van der Waals surface area contributed by atoms with E-state index in [-0.39, 0.29) is 5.82 Å². The molecule has 0 amide bonds. The Morgan fingerprint density at radius 2 is 1.96 bits per heavy atom. The van der Waals surface area contributed by atoms with Crippen molar-refractivity contribution in [1.29, 1.82) is 0 Å². The summed E-state index contributed by atoms with van der Waals surface area (Å²) in [6.07, 6.45) is 1.45. The van der Waals surface area contributed by atoms with E-state index in [1.54, 1.807) is 18.2 Å². The van der Waals surface area contributed by atoms with Gasteiger partial charge in [-0.2, -0.15) is 0 Å². The van der Waals surface area contributed by atoms with Gasteiger partial charge in [0.1, 0.15) is 5.65 Å². The molecule has 0 aliphatic heterocycles. The van der Waals surface area contributed by atoms with Crippen LogP contribution in [0.15, 0.2) is 57.9 Å². The Balaban J connectivity index is 2.02. The Morgan fingerprint density at radius 3 is 2.65 bits per heavy atom. The average Bonchev–Trinajstić information content (AvgIpc) is 2.54. The van der Waals surface area contributed by atoms with Gasteiger partial charge in [0.25, 0.3) is 0 Å². The molecule has 1 aromatic carbocycles. The highest BCUT2D eigenvalue weighted by Crippen LogP contribution is 2.19. The first-order chi connectivity index (χ1) is 11.1. The summed E-state index contributed by atoms with van der Waals surface area (Å²) in [7, 11) is 0. The summed E-state index contributed by atoms with van der Waals surface area (Å²) in [5.74, 6) is -0.0332. The van der Waals surface area contributed by atoms with Crippen LogP contribution < -0.4 is 10.9 Å². The van der Waals surface area contributed by atoms with Crippen molar-refractivity contribution < 1.29 is 4.92 Å². The van der Waals surface area contributed by atoms with Crippen LogP contribution in [0.4, 0.5) is 11.5 Å². The van der Waals surface area contributed by atoms with Crippen molar-refractivity contribution in [2.45, 2.75) is 6.54 Å². The number of rotatable bonds is 4. The Bertz CT molecular complexity index is 938. The molecule has 0 bridgehead atoms. The zero-order chi connectivity index (χ0) is 16.4. The summed E-state index contributed by atoms with van der Waals surface area (Å²) in [4.78, 5) is 27.0. The number of nitrogens with one attached hydrogen (secondary N) is 1. The maximum absolute atomic E-state index is 12.3. The molecule has 3 aromatic rings. The van der Waals surface area contributed by atoms with Gasteiger partial charge in [-0.15, -0.1) is 0 Å². The first-order valence-corrected chi connectivity index (χ1v) is 7.49. The second-order valence-electron chi connectivity index (χ2n) is 4.78. The first kappa shape index (κ1) is 15.2. The van der Waals surface area contributed by atoms with Crippen LogP contribution >= 0.6 is 15.9 Å². The number of aromatic nitrogens is 2. The van der Waals surface area contributed by atoms with E-state index < -0.39 is 16.2 Å². The minimum absolute atomic E-state index is 0.0332. The fourth-order valence-electron chi connectivity index (χ4n) is 2.16.